The molecule has 0 aromatic heterocycles. The minimum absolute atomic E-state index is 0.0107. The van der Waals surface area contributed by atoms with Crippen molar-refractivity contribution in [2.75, 3.05) is 7.11 Å². The number of ether oxygens (including phenoxy) is 3. The maximum absolute atomic E-state index is 13.6. The highest BCUT2D eigenvalue weighted by Gasteiger charge is 2.40. The maximum Gasteiger partial charge on any atom is 0.174 e. The SMILES string of the molecule is COc1cc(O)c([C@@H]2C[C@H](CCc3ccc(O)cc3)O[C@@H](c3ccc(O)cc3)C2)c2c1C(=O)CC(c1ccc(O)cc1)O2. The topological polar surface area (TPSA) is 126 Å². The number of carbonyl (C=O) groups excluding carboxylic acids is 1. The standard InChI is InChI=1S/C35H34O8/c1-41-32-19-28(39)33(35-34(32)29(40)18-31(43-35)22-7-13-26(38)14-8-22)23-16-27(15-4-20-2-9-24(36)10-3-20)42-30(17-23)21-5-11-25(37)12-6-21/h2-3,5-14,19,23,27,30-31,36-39H,4,15-18H2,1H3/t23-,27+,30-,31?/m1/s1. The highest BCUT2D eigenvalue weighted by atomic mass is 16.5. The smallest absolute Gasteiger partial charge is 0.174 e. The van der Waals surface area contributed by atoms with E-state index < -0.39 is 6.10 Å². The first-order valence-corrected chi connectivity index (χ1v) is 14.4. The van der Waals surface area contributed by atoms with Crippen molar-refractivity contribution in [3.8, 4) is 34.5 Å². The second-order valence-electron chi connectivity index (χ2n) is 11.3. The molecule has 1 unspecified atom stereocenters. The number of aromatic hydroxyl groups is 4. The van der Waals surface area contributed by atoms with E-state index >= 15 is 0 Å². The Morgan fingerprint density at radius 1 is 0.791 bits per heavy atom. The fourth-order valence-corrected chi connectivity index (χ4v) is 6.24. The molecule has 4 aromatic carbocycles. The summed E-state index contributed by atoms with van der Waals surface area (Å²) in [4.78, 5) is 13.6. The molecule has 0 aliphatic carbocycles. The number of carbonyl (C=O) groups is 1. The number of methoxy groups -OCH3 is 1. The van der Waals surface area contributed by atoms with Gasteiger partial charge in [0.15, 0.2) is 5.78 Å². The molecule has 0 radical (unpaired) electrons. The molecule has 222 valence electrons. The molecule has 0 bridgehead atoms. The van der Waals surface area contributed by atoms with Crippen molar-refractivity contribution >= 4 is 5.78 Å². The number of hydrogen-bond acceptors (Lipinski definition) is 8. The van der Waals surface area contributed by atoms with Crippen molar-refractivity contribution in [1.82, 2.24) is 0 Å². The molecule has 8 nitrogen and oxygen atoms in total. The van der Waals surface area contributed by atoms with E-state index in [0.717, 1.165) is 23.1 Å². The van der Waals surface area contributed by atoms with Crippen molar-refractivity contribution in [1.29, 1.82) is 0 Å². The molecular formula is C35H34O8. The zero-order valence-corrected chi connectivity index (χ0v) is 23.8. The van der Waals surface area contributed by atoms with Gasteiger partial charge < -0.3 is 34.6 Å². The Morgan fingerprint density at radius 3 is 1.98 bits per heavy atom. The van der Waals surface area contributed by atoms with Crippen molar-refractivity contribution < 1.29 is 39.4 Å². The van der Waals surface area contributed by atoms with Crippen LogP contribution in [0.1, 0.15) is 76.4 Å². The molecular weight excluding hydrogens is 548 g/mol. The summed E-state index contributed by atoms with van der Waals surface area (Å²) in [6.45, 7) is 0. The molecule has 8 heteroatoms. The van der Waals surface area contributed by atoms with Crippen molar-refractivity contribution in [3.05, 3.63) is 107 Å². The van der Waals surface area contributed by atoms with Crippen LogP contribution in [0.3, 0.4) is 0 Å². The fraction of sp³-hybridized carbons (Fsp3) is 0.286. The average molecular weight is 583 g/mol. The Labute approximate surface area is 249 Å². The Bertz CT molecular complexity index is 1600. The van der Waals surface area contributed by atoms with E-state index in [1.54, 1.807) is 48.5 Å². The van der Waals surface area contributed by atoms with E-state index in [0.29, 0.717) is 36.1 Å². The number of aryl methyl sites for hydroxylation is 1. The number of rotatable bonds is 7. The van der Waals surface area contributed by atoms with E-state index in [4.69, 9.17) is 14.2 Å². The lowest BCUT2D eigenvalue weighted by Crippen LogP contribution is -2.29. The fourth-order valence-electron chi connectivity index (χ4n) is 6.24. The van der Waals surface area contributed by atoms with Gasteiger partial charge in [-0.2, -0.15) is 0 Å². The van der Waals surface area contributed by atoms with Crippen LogP contribution in [0.2, 0.25) is 0 Å². The van der Waals surface area contributed by atoms with Crippen LogP contribution in [0, 0.1) is 0 Å². The molecule has 4 atom stereocenters. The van der Waals surface area contributed by atoms with E-state index in [9.17, 15) is 25.2 Å². The molecule has 6 rings (SSSR count). The second kappa shape index (κ2) is 11.9. The van der Waals surface area contributed by atoms with Gasteiger partial charge in [-0.25, -0.2) is 0 Å². The van der Waals surface area contributed by atoms with Gasteiger partial charge >= 0.3 is 0 Å². The number of Topliss-reactive ketones (excluding diaryl/α,β-unsaturated/α-hetero) is 1. The maximum atomic E-state index is 13.6. The van der Waals surface area contributed by atoms with Crippen LogP contribution < -0.4 is 9.47 Å². The first-order valence-electron chi connectivity index (χ1n) is 14.4. The van der Waals surface area contributed by atoms with E-state index in [2.05, 4.69) is 0 Å². The van der Waals surface area contributed by atoms with E-state index in [-0.39, 0.29) is 59.1 Å². The lowest BCUT2D eigenvalue weighted by molar-refractivity contribution is -0.0634. The van der Waals surface area contributed by atoms with Crippen molar-refractivity contribution in [3.63, 3.8) is 0 Å². The molecule has 4 aromatic rings. The zero-order chi connectivity index (χ0) is 30.1. The van der Waals surface area contributed by atoms with Gasteiger partial charge in [0.1, 0.15) is 46.2 Å². The van der Waals surface area contributed by atoms with E-state index in [1.807, 2.05) is 24.3 Å². The highest BCUT2D eigenvalue weighted by Crippen LogP contribution is 2.53. The molecule has 1 saturated heterocycles. The molecule has 0 saturated carbocycles. The predicted molar refractivity (Wildman–Crippen MR) is 159 cm³/mol. The minimum atomic E-state index is -0.594. The number of fused-ring (bicyclic) bond motifs is 1. The van der Waals surface area contributed by atoms with E-state index in [1.165, 1.54) is 13.2 Å². The first-order chi connectivity index (χ1) is 20.8. The van der Waals surface area contributed by atoms with Gasteiger partial charge in [-0.05, 0) is 84.7 Å². The summed E-state index contributed by atoms with van der Waals surface area (Å²) >= 11 is 0. The Balaban J connectivity index is 1.37. The Morgan fingerprint density at radius 2 is 1.37 bits per heavy atom. The van der Waals surface area contributed by atoms with Gasteiger partial charge in [-0.3, -0.25) is 4.79 Å². The number of ketones is 1. The van der Waals surface area contributed by atoms with Crippen LogP contribution >= 0.6 is 0 Å². The Kier molecular flexibility index (Phi) is 7.86. The number of phenolic OH excluding ortho intramolecular Hbond substituents is 4. The molecule has 2 aliphatic heterocycles. The molecule has 1 fully saturated rings. The summed E-state index contributed by atoms with van der Waals surface area (Å²) in [5.41, 5.74) is 3.58. The number of hydrogen-bond donors (Lipinski definition) is 4. The van der Waals surface area contributed by atoms with Crippen LogP contribution in [0.25, 0.3) is 0 Å². The third kappa shape index (κ3) is 5.96. The molecule has 2 heterocycles. The lowest BCUT2D eigenvalue weighted by Gasteiger charge is -2.38. The first kappa shape index (κ1) is 28.4. The lowest BCUT2D eigenvalue weighted by atomic mass is 9.80. The summed E-state index contributed by atoms with van der Waals surface area (Å²) in [6.07, 6.45) is 1.52. The van der Waals surface area contributed by atoms with Crippen molar-refractivity contribution in [2.24, 2.45) is 0 Å². The largest absolute Gasteiger partial charge is 0.508 e. The molecule has 4 N–H and O–H groups in total. The van der Waals surface area contributed by atoms with Crippen LogP contribution in [0.15, 0.2) is 78.9 Å². The molecule has 43 heavy (non-hydrogen) atoms. The van der Waals surface area contributed by atoms with Gasteiger partial charge in [0.2, 0.25) is 0 Å². The van der Waals surface area contributed by atoms with Crippen LogP contribution in [0.4, 0.5) is 0 Å². The summed E-state index contributed by atoms with van der Waals surface area (Å²) < 4.78 is 18.6. The number of benzene rings is 4. The zero-order valence-electron chi connectivity index (χ0n) is 23.8. The summed E-state index contributed by atoms with van der Waals surface area (Å²) in [7, 11) is 1.46. The molecule has 2 aliphatic rings. The normalized spacial score (nSPS) is 21.6. The van der Waals surface area contributed by atoms with Gasteiger partial charge in [0.25, 0.3) is 0 Å². The van der Waals surface area contributed by atoms with Crippen molar-refractivity contribution in [2.45, 2.75) is 56.3 Å². The van der Waals surface area contributed by atoms with Gasteiger partial charge in [0, 0.05) is 11.6 Å². The minimum Gasteiger partial charge on any atom is -0.508 e. The van der Waals surface area contributed by atoms with Gasteiger partial charge in [-0.1, -0.05) is 36.4 Å². The van der Waals surface area contributed by atoms with Gasteiger partial charge in [-0.15, -0.1) is 0 Å². The second-order valence-corrected chi connectivity index (χ2v) is 11.3. The Hall–Kier alpha value is -4.69. The summed E-state index contributed by atoms with van der Waals surface area (Å²) in [5.74, 6) is 0.692. The van der Waals surface area contributed by atoms with Crippen LogP contribution in [-0.4, -0.2) is 39.4 Å². The number of phenols is 4. The quantitative estimate of drug-likeness (QED) is 0.186. The van der Waals surface area contributed by atoms with Crippen LogP contribution in [-0.2, 0) is 11.2 Å². The third-order valence-electron chi connectivity index (χ3n) is 8.42. The van der Waals surface area contributed by atoms with Gasteiger partial charge in [0.05, 0.1) is 25.7 Å². The highest BCUT2D eigenvalue weighted by molar-refractivity contribution is 6.03. The summed E-state index contributed by atoms with van der Waals surface area (Å²) in [5, 5.41) is 40.8. The monoisotopic (exact) mass is 582 g/mol. The molecule has 0 spiro atoms. The average Bonchev–Trinajstić information content (AvgIpc) is 3.00. The summed E-state index contributed by atoms with van der Waals surface area (Å²) in [6, 6.07) is 22.1. The predicted octanol–water partition coefficient (Wildman–Crippen LogP) is 6.86. The van der Waals surface area contributed by atoms with Crippen LogP contribution in [0.5, 0.6) is 34.5 Å². The molecule has 0 amide bonds. The third-order valence-corrected chi connectivity index (χ3v) is 8.42.